The first-order valence-corrected chi connectivity index (χ1v) is 11.0. The fourth-order valence-electron chi connectivity index (χ4n) is 4.99. The van der Waals surface area contributed by atoms with Crippen LogP contribution >= 0.6 is 0 Å². The minimum absolute atomic E-state index is 0. The van der Waals surface area contributed by atoms with E-state index in [-0.39, 0.29) is 20.1 Å². The van der Waals surface area contributed by atoms with Crippen LogP contribution in [0.2, 0.25) is 0 Å². The zero-order chi connectivity index (χ0) is 21.9. The standard InChI is InChI=1S/C30H18NO2.Ir/c1-18-26(20-15-16-31-23(17-20)19-9-3-2-4-10-19)28-22-12-6-8-14-25(22)33-30(28)29-27(18)21-11-5-7-13-24(21)32-29;/h2-9,11-17H,1H3;/q-1;. The van der Waals surface area contributed by atoms with Crippen molar-refractivity contribution in [3.05, 3.63) is 103 Å². The quantitative estimate of drug-likeness (QED) is 0.184. The van der Waals surface area contributed by atoms with Gasteiger partial charge in [0.25, 0.3) is 0 Å². The van der Waals surface area contributed by atoms with Crippen LogP contribution in [0.15, 0.2) is 100.0 Å². The molecular formula is C30H18IrNO2-. The molecule has 0 aliphatic heterocycles. The molecule has 0 N–H and O–H groups in total. The number of furan rings is 2. The number of rotatable bonds is 2. The summed E-state index contributed by atoms with van der Waals surface area (Å²) in [5, 5.41) is 4.34. The molecule has 0 saturated carbocycles. The molecule has 4 aromatic carbocycles. The van der Waals surface area contributed by atoms with Crippen molar-refractivity contribution in [1.29, 1.82) is 0 Å². The number of benzene rings is 4. The van der Waals surface area contributed by atoms with Crippen molar-refractivity contribution in [2.45, 2.75) is 6.92 Å². The Morgan fingerprint density at radius 1 is 0.735 bits per heavy atom. The van der Waals surface area contributed by atoms with Crippen LogP contribution in [0.25, 0.3) is 66.3 Å². The van der Waals surface area contributed by atoms with Gasteiger partial charge in [0.1, 0.15) is 11.2 Å². The van der Waals surface area contributed by atoms with E-state index in [2.05, 4.69) is 54.4 Å². The van der Waals surface area contributed by atoms with Crippen LogP contribution in [0.4, 0.5) is 0 Å². The zero-order valence-electron chi connectivity index (χ0n) is 18.3. The maximum Gasteiger partial charge on any atom is 0.179 e. The van der Waals surface area contributed by atoms with E-state index in [1.165, 1.54) is 5.56 Å². The van der Waals surface area contributed by atoms with Crippen LogP contribution in [0.1, 0.15) is 5.56 Å². The van der Waals surface area contributed by atoms with Crippen LogP contribution in [0.5, 0.6) is 0 Å². The van der Waals surface area contributed by atoms with E-state index in [1.807, 2.05) is 54.7 Å². The number of nitrogens with zero attached hydrogens (tertiary/aromatic N) is 1. The van der Waals surface area contributed by atoms with Gasteiger partial charge in [-0.05, 0) is 47.5 Å². The van der Waals surface area contributed by atoms with Crippen LogP contribution in [0, 0.1) is 13.0 Å². The van der Waals surface area contributed by atoms with Crippen molar-refractivity contribution >= 4 is 43.9 Å². The number of aryl methyl sites for hydroxylation is 1. The Morgan fingerprint density at radius 2 is 1.38 bits per heavy atom. The van der Waals surface area contributed by atoms with Gasteiger partial charge in [-0.2, -0.15) is 0 Å². The molecule has 3 aromatic heterocycles. The molecule has 1 radical (unpaired) electrons. The summed E-state index contributed by atoms with van der Waals surface area (Å²) in [5.41, 5.74) is 8.58. The zero-order valence-corrected chi connectivity index (χ0v) is 20.7. The molecule has 0 aliphatic rings. The summed E-state index contributed by atoms with van der Waals surface area (Å²) in [6.45, 7) is 2.18. The molecule has 4 heteroatoms. The molecular weight excluding hydrogens is 599 g/mol. The number of aromatic nitrogens is 1. The van der Waals surface area contributed by atoms with Crippen LogP contribution < -0.4 is 0 Å². The predicted molar refractivity (Wildman–Crippen MR) is 133 cm³/mol. The monoisotopic (exact) mass is 617 g/mol. The predicted octanol–water partition coefficient (Wildman–Crippen LogP) is 8.32. The van der Waals surface area contributed by atoms with E-state index in [9.17, 15) is 0 Å². The van der Waals surface area contributed by atoms with Crippen LogP contribution in [0.3, 0.4) is 0 Å². The van der Waals surface area contributed by atoms with Gasteiger partial charge < -0.3 is 13.8 Å². The van der Waals surface area contributed by atoms with E-state index in [0.717, 1.165) is 66.3 Å². The van der Waals surface area contributed by atoms with E-state index >= 15 is 0 Å². The maximum atomic E-state index is 6.41. The molecule has 0 spiro atoms. The SMILES string of the molecule is Cc1c(-c2ccnc(-c3[c-]cccc3)c2)c2c3ccccc3oc2c2oc3ccccc3c12.[Ir]. The number of para-hydroxylation sites is 2. The summed E-state index contributed by atoms with van der Waals surface area (Å²) in [7, 11) is 0. The summed E-state index contributed by atoms with van der Waals surface area (Å²) >= 11 is 0. The van der Waals surface area contributed by atoms with Gasteiger partial charge in [0.15, 0.2) is 11.2 Å². The third-order valence-electron chi connectivity index (χ3n) is 6.43. The third-order valence-corrected chi connectivity index (χ3v) is 6.43. The van der Waals surface area contributed by atoms with Gasteiger partial charge in [-0.1, -0.05) is 42.5 Å². The molecule has 165 valence electrons. The second-order valence-electron chi connectivity index (χ2n) is 8.31. The maximum absolute atomic E-state index is 6.41. The Balaban J connectivity index is 0.00000217. The molecule has 0 aliphatic carbocycles. The van der Waals surface area contributed by atoms with Crippen molar-refractivity contribution in [2.75, 3.05) is 0 Å². The summed E-state index contributed by atoms with van der Waals surface area (Å²) < 4.78 is 12.8. The molecule has 0 amide bonds. The number of fused-ring (bicyclic) bond motifs is 7. The third kappa shape index (κ3) is 2.96. The Hall–Kier alpha value is -3.72. The van der Waals surface area contributed by atoms with E-state index in [0.29, 0.717) is 0 Å². The summed E-state index contributed by atoms with van der Waals surface area (Å²) in [5.74, 6) is 0. The molecule has 0 unspecified atom stereocenters. The van der Waals surface area contributed by atoms with Crippen LogP contribution in [-0.2, 0) is 20.1 Å². The molecule has 0 atom stereocenters. The molecule has 0 saturated heterocycles. The van der Waals surface area contributed by atoms with Crippen molar-refractivity contribution < 1.29 is 28.9 Å². The van der Waals surface area contributed by atoms with Gasteiger partial charge in [0.2, 0.25) is 0 Å². The van der Waals surface area contributed by atoms with Crippen molar-refractivity contribution in [3.8, 4) is 22.4 Å². The Kier molecular flexibility index (Phi) is 4.88. The minimum Gasteiger partial charge on any atom is -0.452 e. The topological polar surface area (TPSA) is 39.2 Å². The second-order valence-corrected chi connectivity index (χ2v) is 8.31. The minimum atomic E-state index is 0. The molecule has 34 heavy (non-hydrogen) atoms. The van der Waals surface area contributed by atoms with E-state index in [4.69, 9.17) is 8.83 Å². The summed E-state index contributed by atoms with van der Waals surface area (Å²) in [6, 6.07) is 31.8. The normalized spacial score (nSPS) is 11.4. The first-order valence-electron chi connectivity index (χ1n) is 11.0. The Bertz CT molecular complexity index is 1830. The summed E-state index contributed by atoms with van der Waals surface area (Å²) in [6.07, 6.45) is 1.87. The van der Waals surface area contributed by atoms with Crippen LogP contribution in [-0.4, -0.2) is 4.98 Å². The average Bonchev–Trinajstić information content (AvgIpc) is 3.44. The molecule has 7 rings (SSSR count). The molecule has 0 fully saturated rings. The average molecular weight is 617 g/mol. The second kappa shape index (κ2) is 7.95. The summed E-state index contributed by atoms with van der Waals surface area (Å²) in [4.78, 5) is 4.62. The van der Waals surface area contributed by atoms with Gasteiger partial charge in [-0.25, -0.2) is 0 Å². The fraction of sp³-hybridized carbons (Fsp3) is 0.0333. The Morgan fingerprint density at radius 3 is 2.09 bits per heavy atom. The van der Waals surface area contributed by atoms with Crippen molar-refractivity contribution in [3.63, 3.8) is 0 Å². The van der Waals surface area contributed by atoms with Crippen molar-refractivity contribution in [1.82, 2.24) is 4.98 Å². The van der Waals surface area contributed by atoms with Gasteiger partial charge in [-0.3, -0.25) is 0 Å². The molecule has 3 nitrogen and oxygen atoms in total. The molecule has 3 heterocycles. The molecule has 0 bridgehead atoms. The molecule has 7 aromatic rings. The van der Waals surface area contributed by atoms with Gasteiger partial charge in [0, 0.05) is 47.8 Å². The van der Waals surface area contributed by atoms with E-state index < -0.39 is 0 Å². The van der Waals surface area contributed by atoms with Gasteiger partial charge in [-0.15, -0.1) is 35.9 Å². The first kappa shape index (κ1) is 20.9. The Labute approximate surface area is 209 Å². The van der Waals surface area contributed by atoms with Gasteiger partial charge >= 0.3 is 0 Å². The largest absolute Gasteiger partial charge is 0.452 e. The van der Waals surface area contributed by atoms with Crippen molar-refractivity contribution in [2.24, 2.45) is 0 Å². The first-order chi connectivity index (χ1) is 16.3. The van der Waals surface area contributed by atoms with E-state index in [1.54, 1.807) is 0 Å². The smallest absolute Gasteiger partial charge is 0.179 e. The number of hydrogen-bond acceptors (Lipinski definition) is 3. The number of pyridine rings is 1. The number of hydrogen-bond donors (Lipinski definition) is 0. The van der Waals surface area contributed by atoms with Gasteiger partial charge in [0.05, 0.1) is 0 Å². The fourth-order valence-corrected chi connectivity index (χ4v) is 4.99.